The van der Waals surface area contributed by atoms with Crippen LogP contribution in [0.4, 0.5) is 5.82 Å². The van der Waals surface area contributed by atoms with Gasteiger partial charge in [-0.15, -0.1) is 0 Å². The van der Waals surface area contributed by atoms with Crippen molar-refractivity contribution in [2.24, 2.45) is 0 Å². The molecule has 1 unspecified atom stereocenters. The Morgan fingerprint density at radius 3 is 2.20 bits per heavy atom. The number of unbranched alkanes of at least 4 members (excludes halogenated alkanes) is 12. The number of aromatic nitrogens is 4. The first-order chi connectivity index (χ1) is 18.1. The molecule has 0 aliphatic carbocycles. The molecular weight excluding hydrogens is 461 g/mol. The van der Waals surface area contributed by atoms with E-state index in [1.807, 2.05) is 11.5 Å². The molecule has 0 fully saturated rings. The average Bonchev–Trinajstić information content (AvgIpc) is 3.26. The molecule has 2 aromatic rings. The van der Waals surface area contributed by atoms with Gasteiger partial charge in [0.15, 0.2) is 11.5 Å². The third-order valence-electron chi connectivity index (χ3n) is 6.16. The van der Waals surface area contributed by atoms with Crippen LogP contribution in [0.15, 0.2) is 12.7 Å². The van der Waals surface area contributed by atoms with E-state index in [1.165, 1.54) is 57.7 Å². The van der Waals surface area contributed by atoms with Crippen LogP contribution < -0.4 is 5.73 Å². The molecule has 0 spiro atoms. The van der Waals surface area contributed by atoms with Gasteiger partial charge < -0.3 is 19.6 Å². The summed E-state index contributed by atoms with van der Waals surface area (Å²) in [5.41, 5.74) is 7.05. The normalized spacial score (nSPS) is 16.0. The van der Waals surface area contributed by atoms with Crippen LogP contribution in [0.5, 0.6) is 0 Å². The maximum Gasteiger partial charge on any atom is 0.225 e. The van der Waals surface area contributed by atoms with Crippen molar-refractivity contribution >= 4 is 24.4 Å². The summed E-state index contributed by atoms with van der Waals surface area (Å²) in [7, 11) is -2.80. The summed E-state index contributed by atoms with van der Waals surface area (Å²) in [6, 6.07) is 0. The first-order valence-electron chi connectivity index (χ1n) is 14.8. The van der Waals surface area contributed by atoms with Crippen LogP contribution in [-0.2, 0) is 20.4 Å². The minimum atomic E-state index is -2.80. The van der Waals surface area contributed by atoms with Crippen molar-refractivity contribution in [3.8, 4) is 0 Å². The molecule has 2 N–H and O–H groups in total. The van der Waals surface area contributed by atoms with E-state index in [0.717, 1.165) is 32.1 Å². The molecule has 0 aliphatic heterocycles. The summed E-state index contributed by atoms with van der Waals surface area (Å²) in [4.78, 5) is 12.4. The first-order valence-corrected chi connectivity index (χ1v) is 15.6. The molecule has 0 saturated carbocycles. The molecule has 0 radical (unpaired) electrons. The minimum Gasteiger partial charge on any atom is -0.382 e. The van der Waals surface area contributed by atoms with Crippen LogP contribution in [0.3, 0.4) is 0 Å². The van der Waals surface area contributed by atoms with Crippen molar-refractivity contribution < 1.29 is 17.9 Å². The lowest BCUT2D eigenvalue weighted by molar-refractivity contribution is 0.0799. The largest absolute Gasteiger partial charge is 0.382 e. The standard InChI is InChI=1S/C26H48N5O3P/c1-4-5-6-7-8-9-10-11-12-13-14-15-16-17-18-34-35(3,32)22-33-23(2)19-31-21-30-24-25(27)28-20-29-26(24)31/h20-21,23H,4-19,22H2,1-3H3,(H2,27,28,29)/t23-,35?/m1/s1/i1D3. The number of hydrogen-bond acceptors (Lipinski definition) is 7. The monoisotopic (exact) mass is 512 g/mol. The van der Waals surface area contributed by atoms with Gasteiger partial charge in [-0.05, 0) is 13.3 Å². The average molecular weight is 513 g/mol. The molecule has 2 atom stereocenters. The minimum absolute atomic E-state index is 0.0835. The maximum atomic E-state index is 12.7. The van der Waals surface area contributed by atoms with E-state index in [2.05, 4.69) is 15.0 Å². The summed E-state index contributed by atoms with van der Waals surface area (Å²) in [5.74, 6) is 0.346. The molecule has 0 aromatic carbocycles. The van der Waals surface area contributed by atoms with Crippen molar-refractivity contribution in [1.82, 2.24) is 19.5 Å². The molecule has 0 aliphatic rings. The van der Waals surface area contributed by atoms with E-state index in [-0.39, 0.29) is 12.5 Å². The second-order valence-electron chi connectivity index (χ2n) is 9.63. The lowest BCUT2D eigenvalue weighted by atomic mass is 10.0. The molecule has 2 rings (SSSR count). The molecule has 0 amide bonds. The Labute approximate surface area is 216 Å². The molecule has 200 valence electrons. The van der Waals surface area contributed by atoms with Crippen molar-refractivity contribution in [2.45, 2.75) is 116 Å². The maximum absolute atomic E-state index is 12.7. The predicted molar refractivity (Wildman–Crippen MR) is 145 cm³/mol. The van der Waals surface area contributed by atoms with Gasteiger partial charge in [-0.2, -0.15) is 0 Å². The third kappa shape index (κ3) is 12.3. The summed E-state index contributed by atoms with van der Waals surface area (Å²) in [6.07, 6.45) is 18.4. The van der Waals surface area contributed by atoms with Gasteiger partial charge in [0, 0.05) is 10.8 Å². The lowest BCUT2D eigenvalue weighted by Crippen LogP contribution is -2.17. The zero-order valence-corrected chi connectivity index (χ0v) is 22.7. The molecule has 8 nitrogen and oxygen atoms in total. The van der Waals surface area contributed by atoms with Crippen molar-refractivity contribution in [3.63, 3.8) is 0 Å². The molecule has 0 saturated heterocycles. The quantitative estimate of drug-likeness (QED) is 0.139. The van der Waals surface area contributed by atoms with E-state index >= 15 is 0 Å². The van der Waals surface area contributed by atoms with Gasteiger partial charge in [-0.3, -0.25) is 4.57 Å². The molecule has 2 heterocycles. The fourth-order valence-electron chi connectivity index (χ4n) is 4.09. The number of ether oxygens (including phenoxy) is 1. The van der Waals surface area contributed by atoms with Crippen molar-refractivity contribution in [3.05, 3.63) is 12.7 Å². The highest BCUT2D eigenvalue weighted by molar-refractivity contribution is 7.57. The Hall–Kier alpha value is -1.50. The van der Waals surface area contributed by atoms with E-state index in [1.54, 1.807) is 13.0 Å². The number of rotatable bonds is 21. The topological polar surface area (TPSA) is 105 Å². The molecule has 0 bridgehead atoms. The van der Waals surface area contributed by atoms with E-state index in [0.29, 0.717) is 36.6 Å². The number of nitrogens with two attached hydrogens (primary N) is 1. The van der Waals surface area contributed by atoms with Crippen molar-refractivity contribution in [1.29, 1.82) is 0 Å². The second kappa shape index (κ2) is 17.0. The first kappa shape index (κ1) is 25.2. The highest BCUT2D eigenvalue weighted by Crippen LogP contribution is 2.42. The van der Waals surface area contributed by atoms with Crippen LogP contribution in [0.1, 0.15) is 108 Å². The summed E-state index contributed by atoms with van der Waals surface area (Å²) in [6.45, 7) is 2.81. The lowest BCUT2D eigenvalue weighted by Gasteiger charge is -2.18. The number of hydrogen-bond donors (Lipinski definition) is 1. The smallest absolute Gasteiger partial charge is 0.225 e. The van der Waals surface area contributed by atoms with E-state index < -0.39 is 14.2 Å². The number of nitrogen functional groups attached to an aromatic ring is 1. The third-order valence-corrected chi connectivity index (χ3v) is 7.51. The zero-order chi connectivity index (χ0) is 27.9. The van der Waals surface area contributed by atoms with Gasteiger partial charge in [0.05, 0.1) is 25.6 Å². The number of nitrogens with zero attached hydrogens (tertiary/aromatic N) is 4. The second-order valence-corrected chi connectivity index (χ2v) is 12.2. The van der Waals surface area contributed by atoms with Gasteiger partial charge in [0.1, 0.15) is 18.2 Å². The fourth-order valence-corrected chi connectivity index (χ4v) is 5.21. The highest BCUT2D eigenvalue weighted by Gasteiger charge is 2.19. The predicted octanol–water partition coefficient (Wildman–Crippen LogP) is 7.18. The van der Waals surface area contributed by atoms with Gasteiger partial charge in [0.2, 0.25) is 7.37 Å². The van der Waals surface area contributed by atoms with Gasteiger partial charge in [0.25, 0.3) is 0 Å². The van der Waals surface area contributed by atoms with Crippen LogP contribution in [-0.4, -0.2) is 45.2 Å². The highest BCUT2D eigenvalue weighted by atomic mass is 31.2. The molecule has 35 heavy (non-hydrogen) atoms. The van der Waals surface area contributed by atoms with Crippen molar-refractivity contribution in [2.75, 3.05) is 25.4 Å². The fraction of sp³-hybridized carbons (Fsp3) is 0.808. The Bertz CT molecular complexity index is 973. The SMILES string of the molecule is [2H]C([2H])([2H])CCCCCCCCCCCCCCCOP(C)(=O)CO[C@H](C)Cn1cnc2c(N)ncnc21. The van der Waals surface area contributed by atoms with Gasteiger partial charge >= 0.3 is 0 Å². The molecular formula is C26H48N5O3P. The van der Waals surface area contributed by atoms with Gasteiger partial charge in [-0.1, -0.05) is 90.3 Å². The Kier molecular flexibility index (Phi) is 12.3. The van der Waals surface area contributed by atoms with Crippen LogP contribution >= 0.6 is 7.37 Å². The Morgan fingerprint density at radius 1 is 0.971 bits per heavy atom. The van der Waals surface area contributed by atoms with Crippen LogP contribution in [0.25, 0.3) is 11.2 Å². The van der Waals surface area contributed by atoms with Crippen LogP contribution in [0.2, 0.25) is 0 Å². The van der Waals surface area contributed by atoms with Crippen LogP contribution in [0, 0.1) is 0 Å². The molecule has 9 heteroatoms. The summed E-state index contributed by atoms with van der Waals surface area (Å²) >= 11 is 0. The number of fused-ring (bicyclic) bond motifs is 1. The molecule has 2 aromatic heterocycles. The van der Waals surface area contributed by atoms with Gasteiger partial charge in [-0.25, -0.2) is 15.0 Å². The van der Waals surface area contributed by atoms with E-state index in [9.17, 15) is 4.57 Å². The van der Waals surface area contributed by atoms with E-state index in [4.69, 9.17) is 19.1 Å². The number of imidazole rings is 1. The summed E-state index contributed by atoms with van der Waals surface area (Å²) in [5, 5.41) is 0. The Balaban J connectivity index is 1.41. The number of anilines is 1. The Morgan fingerprint density at radius 2 is 1.57 bits per heavy atom. The zero-order valence-electron chi connectivity index (χ0n) is 24.8. The summed E-state index contributed by atoms with van der Waals surface area (Å²) < 4.78 is 47.7.